The van der Waals surface area contributed by atoms with Crippen molar-refractivity contribution in [3.63, 3.8) is 0 Å². The molecule has 16 heavy (non-hydrogen) atoms. The third-order valence-electron chi connectivity index (χ3n) is 3.34. The first-order valence-electron chi connectivity index (χ1n) is 6.11. The SMILES string of the molecule is O=c1[nH]ccnc1N(CC1CC1)CC1CC1. The predicted molar refractivity (Wildman–Crippen MR) is 62.5 cm³/mol. The van der Waals surface area contributed by atoms with Gasteiger partial charge in [0.2, 0.25) is 0 Å². The third kappa shape index (κ3) is 2.26. The maximum Gasteiger partial charge on any atom is 0.290 e. The van der Waals surface area contributed by atoms with Crippen LogP contribution in [0.4, 0.5) is 5.82 Å². The average molecular weight is 219 g/mol. The Kier molecular flexibility index (Phi) is 2.42. The average Bonchev–Trinajstić information content (AvgIpc) is 3.12. The van der Waals surface area contributed by atoms with Gasteiger partial charge in [0.25, 0.3) is 5.56 Å². The van der Waals surface area contributed by atoms with Crippen LogP contribution in [0.25, 0.3) is 0 Å². The van der Waals surface area contributed by atoms with E-state index in [9.17, 15) is 4.79 Å². The number of H-pyrrole nitrogens is 1. The lowest BCUT2D eigenvalue weighted by atomic mass is 10.3. The lowest BCUT2D eigenvalue weighted by molar-refractivity contribution is 0.667. The van der Waals surface area contributed by atoms with Gasteiger partial charge in [-0.15, -0.1) is 0 Å². The molecule has 2 aliphatic carbocycles. The van der Waals surface area contributed by atoms with Gasteiger partial charge in [-0.25, -0.2) is 4.98 Å². The van der Waals surface area contributed by atoms with Crippen molar-refractivity contribution in [2.45, 2.75) is 25.7 Å². The molecule has 4 heteroatoms. The van der Waals surface area contributed by atoms with Crippen LogP contribution in [0.2, 0.25) is 0 Å². The van der Waals surface area contributed by atoms with Gasteiger partial charge in [-0.3, -0.25) is 4.79 Å². The maximum atomic E-state index is 11.7. The zero-order valence-corrected chi connectivity index (χ0v) is 9.35. The van der Waals surface area contributed by atoms with Gasteiger partial charge in [-0.05, 0) is 37.5 Å². The lowest BCUT2D eigenvalue weighted by Gasteiger charge is -2.22. The molecule has 3 rings (SSSR count). The second-order valence-corrected chi connectivity index (χ2v) is 5.03. The highest BCUT2D eigenvalue weighted by atomic mass is 16.1. The molecule has 2 fully saturated rings. The number of aromatic nitrogens is 2. The highest BCUT2D eigenvalue weighted by Crippen LogP contribution is 2.34. The highest BCUT2D eigenvalue weighted by Gasteiger charge is 2.30. The summed E-state index contributed by atoms with van der Waals surface area (Å²) in [7, 11) is 0. The summed E-state index contributed by atoms with van der Waals surface area (Å²) in [4.78, 5) is 20.8. The fourth-order valence-electron chi connectivity index (χ4n) is 2.04. The van der Waals surface area contributed by atoms with Crippen LogP contribution >= 0.6 is 0 Å². The summed E-state index contributed by atoms with van der Waals surface area (Å²) in [5.74, 6) is 2.20. The monoisotopic (exact) mass is 219 g/mol. The molecule has 0 saturated heterocycles. The number of rotatable bonds is 5. The minimum Gasteiger partial charge on any atom is -0.351 e. The summed E-state index contributed by atoms with van der Waals surface area (Å²) < 4.78 is 0. The summed E-state index contributed by atoms with van der Waals surface area (Å²) >= 11 is 0. The molecule has 1 aromatic heterocycles. The van der Waals surface area contributed by atoms with E-state index in [1.807, 2.05) is 0 Å². The molecule has 86 valence electrons. The van der Waals surface area contributed by atoms with Crippen LogP contribution in [0, 0.1) is 11.8 Å². The zero-order valence-electron chi connectivity index (χ0n) is 9.35. The van der Waals surface area contributed by atoms with Crippen molar-refractivity contribution < 1.29 is 0 Å². The molecule has 0 bridgehead atoms. The van der Waals surface area contributed by atoms with E-state index < -0.39 is 0 Å². The summed E-state index contributed by atoms with van der Waals surface area (Å²) in [5, 5.41) is 0. The predicted octanol–water partition coefficient (Wildman–Crippen LogP) is 1.40. The minimum absolute atomic E-state index is 0.0520. The van der Waals surface area contributed by atoms with Gasteiger partial charge in [-0.2, -0.15) is 0 Å². The first-order chi connectivity index (χ1) is 7.83. The Morgan fingerprint density at radius 3 is 2.38 bits per heavy atom. The molecule has 0 atom stereocenters. The van der Waals surface area contributed by atoms with Gasteiger partial charge in [0.1, 0.15) is 0 Å². The van der Waals surface area contributed by atoms with Crippen molar-refractivity contribution in [2.24, 2.45) is 11.8 Å². The molecule has 0 aromatic carbocycles. The van der Waals surface area contributed by atoms with Crippen LogP contribution in [-0.4, -0.2) is 23.1 Å². The molecule has 0 aliphatic heterocycles. The molecule has 0 radical (unpaired) electrons. The second-order valence-electron chi connectivity index (χ2n) is 5.03. The van der Waals surface area contributed by atoms with Crippen LogP contribution in [0.15, 0.2) is 17.2 Å². The van der Waals surface area contributed by atoms with E-state index in [4.69, 9.17) is 0 Å². The van der Waals surface area contributed by atoms with Gasteiger partial charge >= 0.3 is 0 Å². The minimum atomic E-state index is -0.0520. The number of anilines is 1. The Morgan fingerprint density at radius 1 is 1.25 bits per heavy atom. The van der Waals surface area contributed by atoms with Crippen LogP contribution in [0.5, 0.6) is 0 Å². The molecule has 1 N–H and O–H groups in total. The van der Waals surface area contributed by atoms with Gasteiger partial charge in [-0.1, -0.05) is 0 Å². The van der Waals surface area contributed by atoms with Crippen LogP contribution in [0.3, 0.4) is 0 Å². The van der Waals surface area contributed by atoms with E-state index in [1.165, 1.54) is 25.7 Å². The second kappa shape index (κ2) is 3.92. The molecule has 4 nitrogen and oxygen atoms in total. The molecule has 0 amide bonds. The van der Waals surface area contributed by atoms with E-state index in [1.54, 1.807) is 12.4 Å². The van der Waals surface area contributed by atoms with E-state index in [0.717, 1.165) is 24.9 Å². The Bertz CT molecular complexity index is 406. The molecule has 1 aromatic rings. The van der Waals surface area contributed by atoms with Crippen molar-refractivity contribution in [1.29, 1.82) is 0 Å². The standard InChI is InChI=1S/C12H17N3O/c16-12-11(13-5-6-14-12)15(7-9-1-2-9)8-10-3-4-10/h5-6,9-10H,1-4,7-8H2,(H,14,16). The first-order valence-corrected chi connectivity index (χ1v) is 6.11. The Hall–Kier alpha value is -1.32. The zero-order chi connectivity index (χ0) is 11.0. The molecule has 0 spiro atoms. The summed E-state index contributed by atoms with van der Waals surface area (Å²) in [6.45, 7) is 2.02. The van der Waals surface area contributed by atoms with E-state index in [0.29, 0.717) is 5.82 Å². The van der Waals surface area contributed by atoms with Gasteiger partial charge < -0.3 is 9.88 Å². The third-order valence-corrected chi connectivity index (χ3v) is 3.34. The molecule has 0 unspecified atom stereocenters. The van der Waals surface area contributed by atoms with Crippen molar-refractivity contribution in [3.8, 4) is 0 Å². The molecular formula is C12H17N3O. The quantitative estimate of drug-likeness (QED) is 0.814. The number of nitrogens with one attached hydrogen (secondary N) is 1. The topological polar surface area (TPSA) is 49.0 Å². The number of aromatic amines is 1. The van der Waals surface area contributed by atoms with Crippen molar-refractivity contribution in [2.75, 3.05) is 18.0 Å². The number of hydrogen-bond acceptors (Lipinski definition) is 3. The van der Waals surface area contributed by atoms with Crippen LogP contribution < -0.4 is 10.5 Å². The van der Waals surface area contributed by atoms with Crippen molar-refractivity contribution >= 4 is 5.82 Å². The van der Waals surface area contributed by atoms with Gasteiger partial charge in [0.15, 0.2) is 5.82 Å². The molecule has 2 aliphatic rings. The van der Waals surface area contributed by atoms with E-state index >= 15 is 0 Å². The fraction of sp³-hybridized carbons (Fsp3) is 0.667. The highest BCUT2D eigenvalue weighted by molar-refractivity contribution is 5.36. The lowest BCUT2D eigenvalue weighted by Crippen LogP contribution is -2.33. The van der Waals surface area contributed by atoms with E-state index in [-0.39, 0.29) is 5.56 Å². The van der Waals surface area contributed by atoms with Crippen LogP contribution in [-0.2, 0) is 0 Å². The van der Waals surface area contributed by atoms with Crippen molar-refractivity contribution in [1.82, 2.24) is 9.97 Å². The number of nitrogens with zero attached hydrogens (tertiary/aromatic N) is 2. The van der Waals surface area contributed by atoms with Gasteiger partial charge in [0.05, 0.1) is 0 Å². The molecular weight excluding hydrogens is 202 g/mol. The normalized spacial score (nSPS) is 19.8. The smallest absolute Gasteiger partial charge is 0.290 e. The van der Waals surface area contributed by atoms with Gasteiger partial charge in [0, 0.05) is 25.5 Å². The number of hydrogen-bond donors (Lipinski definition) is 1. The summed E-state index contributed by atoms with van der Waals surface area (Å²) in [5.41, 5.74) is -0.0520. The molecule has 2 saturated carbocycles. The first kappa shape index (κ1) is 9.87. The van der Waals surface area contributed by atoms with Crippen molar-refractivity contribution in [3.05, 3.63) is 22.7 Å². The Labute approximate surface area is 94.7 Å². The Morgan fingerprint density at radius 2 is 1.88 bits per heavy atom. The summed E-state index contributed by atoms with van der Waals surface area (Å²) in [6.07, 6.45) is 8.51. The van der Waals surface area contributed by atoms with E-state index in [2.05, 4.69) is 14.9 Å². The maximum absolute atomic E-state index is 11.7. The molecule has 1 heterocycles. The van der Waals surface area contributed by atoms with Crippen LogP contribution in [0.1, 0.15) is 25.7 Å². The Balaban J connectivity index is 1.79. The fourth-order valence-corrected chi connectivity index (χ4v) is 2.04. The largest absolute Gasteiger partial charge is 0.351 e. The summed E-state index contributed by atoms with van der Waals surface area (Å²) in [6, 6.07) is 0.